The highest BCUT2D eigenvalue weighted by Gasteiger charge is 2.07. The standard InChI is InChI=1S/C15H18BrN3O2/c1-2-9-19-15(21)14(16)13(10-18-19)17-8-7-11-3-5-12(20)6-4-11/h3-6,10,17,20H,2,7-9H2,1H3. The van der Waals surface area contributed by atoms with E-state index in [1.165, 1.54) is 4.68 Å². The number of aromatic hydroxyl groups is 1. The summed E-state index contributed by atoms with van der Waals surface area (Å²) in [6, 6.07) is 7.09. The molecule has 21 heavy (non-hydrogen) atoms. The zero-order valence-corrected chi connectivity index (χ0v) is 13.4. The fourth-order valence-electron chi connectivity index (χ4n) is 1.96. The predicted molar refractivity (Wildman–Crippen MR) is 86.8 cm³/mol. The lowest BCUT2D eigenvalue weighted by atomic mass is 10.1. The van der Waals surface area contributed by atoms with Gasteiger partial charge in [0.25, 0.3) is 5.56 Å². The number of hydrogen-bond acceptors (Lipinski definition) is 4. The Morgan fingerprint density at radius 2 is 2.05 bits per heavy atom. The molecule has 2 rings (SSSR count). The molecule has 0 atom stereocenters. The zero-order chi connectivity index (χ0) is 15.2. The Morgan fingerprint density at radius 1 is 1.33 bits per heavy atom. The SMILES string of the molecule is CCCn1ncc(NCCc2ccc(O)cc2)c(Br)c1=O. The zero-order valence-electron chi connectivity index (χ0n) is 11.8. The molecular weight excluding hydrogens is 334 g/mol. The summed E-state index contributed by atoms with van der Waals surface area (Å²) in [5.41, 5.74) is 1.70. The van der Waals surface area contributed by atoms with Crippen LogP contribution in [-0.4, -0.2) is 21.4 Å². The van der Waals surface area contributed by atoms with Crippen LogP contribution in [0, 0.1) is 0 Å². The minimum absolute atomic E-state index is 0.119. The third-order valence-electron chi connectivity index (χ3n) is 3.09. The molecule has 1 aromatic heterocycles. The topological polar surface area (TPSA) is 67.2 Å². The Bertz CT molecular complexity index is 653. The number of rotatable bonds is 6. The lowest BCUT2D eigenvalue weighted by molar-refractivity contribution is 0.475. The number of nitrogens with zero attached hydrogens (tertiary/aromatic N) is 2. The maximum absolute atomic E-state index is 12.0. The molecule has 1 heterocycles. The first-order valence-corrected chi connectivity index (χ1v) is 7.68. The molecule has 112 valence electrons. The molecule has 0 radical (unpaired) electrons. The van der Waals surface area contributed by atoms with Gasteiger partial charge in [-0.25, -0.2) is 4.68 Å². The van der Waals surface area contributed by atoms with Gasteiger partial charge in [-0.15, -0.1) is 0 Å². The van der Waals surface area contributed by atoms with Gasteiger partial charge in [-0.05, 0) is 46.5 Å². The van der Waals surface area contributed by atoms with E-state index in [0.717, 1.165) is 18.4 Å². The Kier molecular flexibility index (Phi) is 5.38. The molecule has 2 N–H and O–H groups in total. The summed E-state index contributed by atoms with van der Waals surface area (Å²) in [5, 5.41) is 16.6. The number of phenols is 1. The van der Waals surface area contributed by atoms with Gasteiger partial charge in [-0.2, -0.15) is 5.10 Å². The van der Waals surface area contributed by atoms with Gasteiger partial charge in [0.05, 0.1) is 11.9 Å². The van der Waals surface area contributed by atoms with Crippen molar-refractivity contribution < 1.29 is 5.11 Å². The van der Waals surface area contributed by atoms with Gasteiger partial charge in [-0.3, -0.25) is 4.79 Å². The molecule has 1 aromatic carbocycles. The smallest absolute Gasteiger partial charge is 0.283 e. The van der Waals surface area contributed by atoms with E-state index in [1.54, 1.807) is 18.3 Å². The summed E-state index contributed by atoms with van der Waals surface area (Å²) in [6.45, 7) is 3.30. The van der Waals surface area contributed by atoms with Crippen LogP contribution in [0.5, 0.6) is 5.75 Å². The van der Waals surface area contributed by atoms with E-state index in [0.29, 0.717) is 23.2 Å². The van der Waals surface area contributed by atoms with E-state index in [4.69, 9.17) is 0 Å². The maximum Gasteiger partial charge on any atom is 0.283 e. The third-order valence-corrected chi connectivity index (χ3v) is 3.85. The van der Waals surface area contributed by atoms with Gasteiger partial charge in [0, 0.05) is 13.1 Å². The van der Waals surface area contributed by atoms with E-state index in [2.05, 4.69) is 26.3 Å². The van der Waals surface area contributed by atoms with Crippen molar-refractivity contribution in [2.24, 2.45) is 0 Å². The molecule has 2 aromatic rings. The second-order valence-corrected chi connectivity index (χ2v) is 5.54. The van der Waals surface area contributed by atoms with Crippen molar-refractivity contribution >= 4 is 21.6 Å². The average molecular weight is 352 g/mol. The molecule has 0 fully saturated rings. The first-order chi connectivity index (χ1) is 10.1. The van der Waals surface area contributed by atoms with Crippen LogP contribution in [0.3, 0.4) is 0 Å². The van der Waals surface area contributed by atoms with Crippen molar-refractivity contribution in [1.29, 1.82) is 0 Å². The summed E-state index contributed by atoms with van der Waals surface area (Å²) in [4.78, 5) is 12.0. The van der Waals surface area contributed by atoms with Gasteiger partial charge in [0.2, 0.25) is 0 Å². The molecule has 0 unspecified atom stereocenters. The predicted octanol–water partition coefficient (Wildman–Crippen LogP) is 2.78. The van der Waals surface area contributed by atoms with Gasteiger partial charge >= 0.3 is 0 Å². The quantitative estimate of drug-likeness (QED) is 0.839. The number of halogens is 1. The summed E-state index contributed by atoms with van der Waals surface area (Å²) >= 11 is 3.33. The van der Waals surface area contributed by atoms with Crippen LogP contribution in [0.2, 0.25) is 0 Å². The Labute approximate surface area is 131 Å². The summed E-state index contributed by atoms with van der Waals surface area (Å²) in [5.74, 6) is 0.262. The molecule has 0 aliphatic heterocycles. The molecule has 0 amide bonds. The van der Waals surface area contributed by atoms with Crippen LogP contribution in [0.15, 0.2) is 39.7 Å². The number of phenolic OH excluding ortho intramolecular Hbond substituents is 1. The molecular formula is C15H18BrN3O2. The summed E-state index contributed by atoms with van der Waals surface area (Å²) in [7, 11) is 0. The first-order valence-electron chi connectivity index (χ1n) is 6.89. The third kappa shape index (κ3) is 4.07. The molecule has 0 bridgehead atoms. The Hall–Kier alpha value is -1.82. The molecule has 0 saturated carbocycles. The van der Waals surface area contributed by atoms with E-state index in [-0.39, 0.29) is 11.3 Å². The van der Waals surface area contributed by atoms with Crippen molar-refractivity contribution in [2.45, 2.75) is 26.3 Å². The highest BCUT2D eigenvalue weighted by molar-refractivity contribution is 9.10. The lowest BCUT2D eigenvalue weighted by Gasteiger charge is -2.10. The second-order valence-electron chi connectivity index (χ2n) is 4.74. The number of anilines is 1. The normalized spacial score (nSPS) is 10.6. The minimum Gasteiger partial charge on any atom is -0.508 e. The first kappa shape index (κ1) is 15.6. The van der Waals surface area contributed by atoms with Crippen molar-refractivity contribution in [2.75, 3.05) is 11.9 Å². The van der Waals surface area contributed by atoms with Gasteiger partial charge in [0.1, 0.15) is 10.2 Å². The molecule has 6 heteroatoms. The summed E-state index contributed by atoms with van der Waals surface area (Å²) in [6.07, 6.45) is 3.33. The monoisotopic (exact) mass is 351 g/mol. The number of nitrogens with one attached hydrogen (secondary N) is 1. The van der Waals surface area contributed by atoms with Crippen LogP contribution >= 0.6 is 15.9 Å². The van der Waals surface area contributed by atoms with Crippen LogP contribution in [-0.2, 0) is 13.0 Å². The van der Waals surface area contributed by atoms with Crippen LogP contribution in [0.4, 0.5) is 5.69 Å². The highest BCUT2D eigenvalue weighted by atomic mass is 79.9. The lowest BCUT2D eigenvalue weighted by Crippen LogP contribution is -2.24. The van der Waals surface area contributed by atoms with E-state index in [1.807, 2.05) is 19.1 Å². The van der Waals surface area contributed by atoms with Gasteiger partial charge < -0.3 is 10.4 Å². The maximum atomic E-state index is 12.0. The van der Waals surface area contributed by atoms with Gasteiger partial charge in [-0.1, -0.05) is 19.1 Å². The van der Waals surface area contributed by atoms with Crippen LogP contribution < -0.4 is 10.9 Å². The average Bonchev–Trinajstić information content (AvgIpc) is 2.48. The van der Waals surface area contributed by atoms with E-state index < -0.39 is 0 Å². The van der Waals surface area contributed by atoms with Gasteiger partial charge in [0.15, 0.2) is 0 Å². The molecule has 5 nitrogen and oxygen atoms in total. The number of hydrogen-bond donors (Lipinski definition) is 2. The fourth-order valence-corrected chi connectivity index (χ4v) is 2.41. The fraction of sp³-hybridized carbons (Fsp3) is 0.333. The molecule has 0 aliphatic rings. The number of aromatic nitrogens is 2. The highest BCUT2D eigenvalue weighted by Crippen LogP contribution is 2.16. The Morgan fingerprint density at radius 3 is 2.71 bits per heavy atom. The molecule has 0 aliphatic carbocycles. The number of aryl methyl sites for hydroxylation is 1. The second kappa shape index (κ2) is 7.26. The largest absolute Gasteiger partial charge is 0.508 e. The number of benzene rings is 1. The molecule has 0 saturated heterocycles. The Balaban J connectivity index is 1.99. The van der Waals surface area contributed by atoms with E-state index >= 15 is 0 Å². The van der Waals surface area contributed by atoms with Crippen molar-refractivity contribution in [3.05, 3.63) is 50.9 Å². The molecule has 0 spiro atoms. The van der Waals surface area contributed by atoms with Crippen LogP contribution in [0.1, 0.15) is 18.9 Å². The minimum atomic E-state index is -0.119. The van der Waals surface area contributed by atoms with Crippen molar-refractivity contribution in [1.82, 2.24) is 9.78 Å². The summed E-state index contributed by atoms with van der Waals surface area (Å²) < 4.78 is 1.96. The van der Waals surface area contributed by atoms with Crippen molar-refractivity contribution in [3.8, 4) is 5.75 Å². The van der Waals surface area contributed by atoms with E-state index in [9.17, 15) is 9.90 Å². The van der Waals surface area contributed by atoms with Crippen molar-refractivity contribution in [3.63, 3.8) is 0 Å². The van der Waals surface area contributed by atoms with Crippen LogP contribution in [0.25, 0.3) is 0 Å².